The van der Waals surface area contributed by atoms with Crippen LogP contribution < -0.4 is 14.8 Å². The molecule has 29 heavy (non-hydrogen) atoms. The number of fused-ring (bicyclic) bond motifs is 2. The van der Waals surface area contributed by atoms with Gasteiger partial charge in [-0.1, -0.05) is 35.5 Å². The van der Waals surface area contributed by atoms with Gasteiger partial charge in [-0.15, -0.1) is 8.78 Å². The number of amides is 1. The molecular formula is C19H12F2N4O4. The smallest absolute Gasteiger partial charge is 0.395 e. The van der Waals surface area contributed by atoms with E-state index in [-0.39, 0.29) is 23.0 Å². The van der Waals surface area contributed by atoms with Crippen LogP contribution in [0.25, 0.3) is 22.3 Å². The summed E-state index contributed by atoms with van der Waals surface area (Å²) in [7, 11) is 0. The third-order valence-electron chi connectivity index (χ3n) is 4.37. The number of carbonyl (C=O) groups is 1. The monoisotopic (exact) mass is 398 g/mol. The molecule has 3 heterocycles. The van der Waals surface area contributed by atoms with Gasteiger partial charge in [-0.3, -0.25) is 10.1 Å². The summed E-state index contributed by atoms with van der Waals surface area (Å²) in [5.41, 5.74) is 2.12. The Morgan fingerprint density at radius 1 is 1.14 bits per heavy atom. The number of hydrogen-bond donors (Lipinski definition) is 2. The van der Waals surface area contributed by atoms with Crippen molar-refractivity contribution in [3.8, 4) is 22.8 Å². The fraction of sp³-hybridized carbons (Fsp3) is 0.105. The number of aromatic amines is 1. The summed E-state index contributed by atoms with van der Waals surface area (Å²) in [5, 5.41) is 6.62. The fourth-order valence-corrected chi connectivity index (χ4v) is 3.12. The zero-order valence-electron chi connectivity index (χ0n) is 14.8. The van der Waals surface area contributed by atoms with E-state index in [0.29, 0.717) is 22.5 Å². The molecule has 0 saturated carbocycles. The second-order valence-corrected chi connectivity index (χ2v) is 6.35. The zero-order chi connectivity index (χ0) is 20.2. The minimum Gasteiger partial charge on any atom is -0.395 e. The summed E-state index contributed by atoms with van der Waals surface area (Å²) in [4.78, 5) is 19.9. The Morgan fingerprint density at radius 2 is 1.86 bits per heavy atom. The van der Waals surface area contributed by atoms with E-state index in [1.165, 1.54) is 12.1 Å². The molecule has 2 aromatic heterocycles. The van der Waals surface area contributed by atoms with E-state index in [2.05, 4.69) is 29.9 Å². The van der Waals surface area contributed by atoms with Crippen LogP contribution in [0.2, 0.25) is 0 Å². The molecule has 146 valence electrons. The van der Waals surface area contributed by atoms with Crippen molar-refractivity contribution >= 4 is 22.9 Å². The number of halogens is 2. The summed E-state index contributed by atoms with van der Waals surface area (Å²) in [6.07, 6.45) is -3.71. The molecule has 0 aliphatic carbocycles. The summed E-state index contributed by atoms with van der Waals surface area (Å²) in [6, 6.07) is 11.8. The summed E-state index contributed by atoms with van der Waals surface area (Å²) >= 11 is 0. The zero-order valence-corrected chi connectivity index (χ0v) is 14.8. The van der Waals surface area contributed by atoms with Crippen LogP contribution in [-0.4, -0.2) is 27.3 Å². The molecule has 4 aromatic rings. The largest absolute Gasteiger partial charge is 0.586 e. The molecule has 0 saturated heterocycles. The van der Waals surface area contributed by atoms with Crippen LogP contribution in [0, 0.1) is 6.92 Å². The summed E-state index contributed by atoms with van der Waals surface area (Å²) < 4.78 is 40.4. The van der Waals surface area contributed by atoms with Gasteiger partial charge in [0.25, 0.3) is 5.91 Å². The summed E-state index contributed by atoms with van der Waals surface area (Å²) in [6.45, 7) is 1.63. The first-order chi connectivity index (χ1) is 13.9. The highest BCUT2D eigenvalue weighted by atomic mass is 19.3. The number of H-pyrrole nitrogens is 1. The number of imidazole rings is 1. The lowest BCUT2D eigenvalue weighted by molar-refractivity contribution is -0.286. The topological polar surface area (TPSA) is 102 Å². The first kappa shape index (κ1) is 17.2. The van der Waals surface area contributed by atoms with Crippen LogP contribution in [0.5, 0.6) is 11.5 Å². The van der Waals surface area contributed by atoms with E-state index in [4.69, 9.17) is 4.52 Å². The molecule has 0 radical (unpaired) electrons. The normalized spacial score (nSPS) is 14.3. The lowest BCUT2D eigenvalue weighted by Crippen LogP contribution is -2.25. The van der Waals surface area contributed by atoms with E-state index in [9.17, 15) is 13.6 Å². The average molecular weight is 398 g/mol. The minimum absolute atomic E-state index is 0.120. The molecule has 0 unspecified atom stereocenters. The van der Waals surface area contributed by atoms with Gasteiger partial charge in [-0.2, -0.15) is 0 Å². The van der Waals surface area contributed by atoms with Gasteiger partial charge >= 0.3 is 6.29 Å². The second kappa shape index (κ2) is 6.03. The first-order valence-electron chi connectivity index (χ1n) is 8.52. The molecule has 2 aromatic carbocycles. The van der Waals surface area contributed by atoms with E-state index in [1.54, 1.807) is 6.92 Å². The molecule has 5 rings (SSSR count). The van der Waals surface area contributed by atoms with Gasteiger partial charge in [0, 0.05) is 17.7 Å². The van der Waals surface area contributed by atoms with Gasteiger partial charge in [0.05, 0.1) is 11.0 Å². The van der Waals surface area contributed by atoms with Crippen molar-refractivity contribution in [2.24, 2.45) is 0 Å². The van der Waals surface area contributed by atoms with Crippen LogP contribution in [0.3, 0.4) is 0 Å². The number of benzene rings is 2. The maximum atomic E-state index is 13.2. The van der Waals surface area contributed by atoms with Gasteiger partial charge in [-0.25, -0.2) is 4.98 Å². The lowest BCUT2D eigenvalue weighted by atomic mass is 10.1. The maximum absolute atomic E-state index is 13.2. The van der Waals surface area contributed by atoms with Crippen LogP contribution in [0.15, 0.2) is 47.0 Å². The minimum atomic E-state index is -3.71. The van der Waals surface area contributed by atoms with Crippen molar-refractivity contribution in [3.05, 3.63) is 53.8 Å². The van der Waals surface area contributed by atoms with E-state index < -0.39 is 12.2 Å². The number of ether oxygens (including phenoxy) is 2. The molecule has 10 heteroatoms. The quantitative estimate of drug-likeness (QED) is 0.539. The van der Waals surface area contributed by atoms with Gasteiger partial charge in [0.1, 0.15) is 17.0 Å². The highest BCUT2D eigenvalue weighted by Crippen LogP contribution is 2.43. The number of aromatic nitrogens is 3. The molecule has 2 N–H and O–H groups in total. The number of nitrogens with zero attached hydrogens (tertiary/aromatic N) is 2. The van der Waals surface area contributed by atoms with Crippen LogP contribution >= 0.6 is 0 Å². The Morgan fingerprint density at radius 3 is 2.62 bits per heavy atom. The van der Waals surface area contributed by atoms with Gasteiger partial charge in [0.15, 0.2) is 11.5 Å². The predicted octanol–water partition coefficient (Wildman–Crippen LogP) is 4.10. The molecular weight excluding hydrogens is 386 g/mol. The molecule has 0 bridgehead atoms. The van der Waals surface area contributed by atoms with Gasteiger partial charge in [-0.05, 0) is 6.92 Å². The first-order valence-corrected chi connectivity index (χ1v) is 8.52. The molecule has 1 aliphatic rings. The Balaban J connectivity index is 1.45. The Labute approximate surface area is 161 Å². The van der Waals surface area contributed by atoms with Crippen molar-refractivity contribution < 1.29 is 27.6 Å². The second-order valence-electron chi connectivity index (χ2n) is 6.35. The van der Waals surface area contributed by atoms with Crippen molar-refractivity contribution in [1.82, 2.24) is 15.1 Å². The summed E-state index contributed by atoms with van der Waals surface area (Å²) in [5.74, 6) is -0.257. The number of anilines is 1. The van der Waals surface area contributed by atoms with Crippen LogP contribution in [0.1, 0.15) is 16.1 Å². The van der Waals surface area contributed by atoms with Crippen LogP contribution in [0.4, 0.5) is 14.7 Å². The van der Waals surface area contributed by atoms with Crippen molar-refractivity contribution in [2.75, 3.05) is 5.32 Å². The third-order valence-corrected chi connectivity index (χ3v) is 4.37. The SMILES string of the molecule is Cc1onc(-c2ccccc2)c1C(=O)Nc1nc2cc3c(cc2[nH]1)OC(F)(F)O3. The average Bonchev–Trinajstić information content (AvgIpc) is 3.32. The number of nitrogens with one attached hydrogen (secondary N) is 2. The molecule has 8 nitrogen and oxygen atoms in total. The van der Waals surface area contributed by atoms with Crippen molar-refractivity contribution in [1.29, 1.82) is 0 Å². The van der Waals surface area contributed by atoms with Crippen LogP contribution in [-0.2, 0) is 0 Å². The molecule has 1 amide bonds. The maximum Gasteiger partial charge on any atom is 0.586 e. The number of carbonyl (C=O) groups excluding carboxylic acids is 1. The Kier molecular flexibility index (Phi) is 3.57. The molecule has 0 fully saturated rings. The molecule has 0 atom stereocenters. The van der Waals surface area contributed by atoms with E-state index >= 15 is 0 Å². The standard InChI is InChI=1S/C19H12F2N4O4/c1-9-15(16(25-29-9)10-5-3-2-4-6-10)17(26)24-18-22-11-7-13-14(8-12(11)23-18)28-19(20,21)27-13/h2-8H,1H3,(H2,22,23,24,26). The van der Waals surface area contributed by atoms with Crippen molar-refractivity contribution in [3.63, 3.8) is 0 Å². The Bertz CT molecular complexity index is 1210. The number of aryl methyl sites for hydroxylation is 1. The van der Waals surface area contributed by atoms with Crippen molar-refractivity contribution in [2.45, 2.75) is 13.2 Å². The van der Waals surface area contributed by atoms with Gasteiger partial charge < -0.3 is 19.0 Å². The van der Waals surface area contributed by atoms with Gasteiger partial charge in [0.2, 0.25) is 5.95 Å². The molecule has 0 spiro atoms. The van der Waals surface area contributed by atoms with E-state index in [0.717, 1.165) is 5.56 Å². The highest BCUT2D eigenvalue weighted by molar-refractivity contribution is 6.08. The third kappa shape index (κ3) is 2.94. The number of hydrogen-bond acceptors (Lipinski definition) is 6. The lowest BCUT2D eigenvalue weighted by Gasteiger charge is -2.04. The predicted molar refractivity (Wildman–Crippen MR) is 96.9 cm³/mol. The fourth-order valence-electron chi connectivity index (χ4n) is 3.12. The van der Waals surface area contributed by atoms with E-state index in [1.807, 2.05) is 30.3 Å². The Hall–Kier alpha value is -3.95. The molecule has 1 aliphatic heterocycles. The number of rotatable bonds is 3. The number of alkyl halides is 2. The highest BCUT2D eigenvalue weighted by Gasteiger charge is 2.43.